The third kappa shape index (κ3) is 9.37. The van der Waals surface area contributed by atoms with Crippen molar-refractivity contribution in [2.75, 3.05) is 11.5 Å². The van der Waals surface area contributed by atoms with Crippen molar-refractivity contribution in [3.8, 4) is 0 Å². The summed E-state index contributed by atoms with van der Waals surface area (Å²) in [6, 6.07) is 6.67. The van der Waals surface area contributed by atoms with Gasteiger partial charge in [0, 0.05) is 48.7 Å². The lowest BCUT2D eigenvalue weighted by molar-refractivity contribution is -0.122. The van der Waals surface area contributed by atoms with Gasteiger partial charge in [-0.1, -0.05) is 0 Å². The predicted octanol–water partition coefficient (Wildman–Crippen LogP) is 4.14. The van der Waals surface area contributed by atoms with Gasteiger partial charge in [0.15, 0.2) is 5.78 Å². The molecule has 0 fully saturated rings. The molecule has 0 radical (unpaired) electrons. The van der Waals surface area contributed by atoms with Crippen molar-refractivity contribution in [2.45, 2.75) is 71.7 Å². The minimum Gasteiger partial charge on any atom is -0.444 e. The highest BCUT2D eigenvalue weighted by Gasteiger charge is 2.21. The Hall–Kier alpha value is -3.81. The number of hydrogen-bond donors (Lipinski definition) is 5. The molecular weight excluding hydrogens is 562 g/mol. The number of aromatic nitrogens is 2. The Balaban J connectivity index is 0.000000239. The number of nitrogens with two attached hydrogens (primary N) is 3. The van der Waals surface area contributed by atoms with Crippen LogP contribution in [0.15, 0.2) is 36.7 Å². The van der Waals surface area contributed by atoms with Crippen LogP contribution < -0.4 is 27.8 Å². The van der Waals surface area contributed by atoms with Gasteiger partial charge in [0.05, 0.1) is 18.6 Å². The van der Waals surface area contributed by atoms with Crippen LogP contribution in [-0.2, 0) is 27.3 Å². The fourth-order valence-electron chi connectivity index (χ4n) is 3.65. The average Bonchev–Trinajstić information content (AvgIpc) is 3.50. The zero-order chi connectivity index (χ0) is 30.3. The summed E-state index contributed by atoms with van der Waals surface area (Å²) < 4.78 is 7.29. The van der Waals surface area contributed by atoms with Crippen LogP contribution in [0.4, 0.5) is 16.4 Å². The third-order valence-electron chi connectivity index (χ3n) is 5.74. The number of amides is 2. The zero-order valence-corrected chi connectivity index (χ0v) is 25.4. The van der Waals surface area contributed by atoms with Crippen LogP contribution in [0.2, 0.25) is 0 Å². The zero-order valence-electron chi connectivity index (χ0n) is 23.8. The number of thiophene rings is 2. The number of ether oxygens (including phenoxy) is 1. The van der Waals surface area contributed by atoms with Gasteiger partial charge in [0.25, 0.3) is 0 Å². The highest BCUT2D eigenvalue weighted by Crippen LogP contribution is 2.29. The molecule has 4 aromatic heterocycles. The molecule has 8 N–H and O–H groups in total. The molecule has 220 valence electrons. The van der Waals surface area contributed by atoms with Crippen molar-refractivity contribution in [3.63, 3.8) is 0 Å². The van der Waals surface area contributed by atoms with Crippen LogP contribution in [0.25, 0.3) is 20.2 Å². The van der Waals surface area contributed by atoms with Gasteiger partial charge in [0.1, 0.15) is 17.2 Å². The lowest BCUT2D eigenvalue weighted by atomic mass is 10.1. The molecule has 4 aromatic rings. The molecule has 2 amide bonds. The molecule has 11 nitrogen and oxygen atoms in total. The fourth-order valence-corrected chi connectivity index (χ4v) is 5.72. The Morgan fingerprint density at radius 3 is 2.00 bits per heavy atom. The topological polar surface area (TPSA) is 188 Å². The normalized spacial score (nSPS) is 12.7. The number of carbonyl (C=O) groups excluding carboxylic acids is 3. The second-order valence-electron chi connectivity index (χ2n) is 10.5. The maximum Gasteiger partial charge on any atom is 0.408 e. The van der Waals surface area contributed by atoms with Gasteiger partial charge in [-0.05, 0) is 65.3 Å². The smallest absolute Gasteiger partial charge is 0.408 e. The van der Waals surface area contributed by atoms with E-state index in [2.05, 4.69) is 20.6 Å². The van der Waals surface area contributed by atoms with Gasteiger partial charge in [-0.3, -0.25) is 9.59 Å². The number of anilines is 2. The quantitative estimate of drug-likeness (QED) is 0.198. The number of pyridine rings is 2. The number of carbonyl (C=O) groups is 3. The number of rotatable bonds is 8. The van der Waals surface area contributed by atoms with Crippen LogP contribution in [0, 0.1) is 0 Å². The van der Waals surface area contributed by atoms with Crippen molar-refractivity contribution in [1.82, 2.24) is 20.6 Å². The molecule has 0 bridgehead atoms. The largest absolute Gasteiger partial charge is 0.444 e. The lowest BCUT2D eigenvalue weighted by Gasteiger charge is -2.21. The Morgan fingerprint density at radius 2 is 1.49 bits per heavy atom. The summed E-state index contributed by atoms with van der Waals surface area (Å²) in [5, 5.41) is 7.19. The van der Waals surface area contributed by atoms with E-state index in [1.165, 1.54) is 0 Å². The van der Waals surface area contributed by atoms with Gasteiger partial charge in [0.2, 0.25) is 5.91 Å². The number of alkyl carbamates (subject to hydrolysis) is 1. The Morgan fingerprint density at radius 1 is 0.951 bits per heavy atom. The standard InChI is InChI=1S/C17H23N3O3S.C11H14N4OS/c1-10(20-16(22)23-17(2,3)4)13(21)6-5-11-9-12-14(24-11)7-8-19-15(12)18;1-6(12)11(16)15-5-7-4-8-9(17-7)2-3-14-10(8)13/h7-10H,5-6H2,1-4H3,(H2,18,19)(H,20,22);2-4,6H,5,12H2,1H3,(H2,13,14)(H,15,16)/t10-;6-/m00/s1. The molecule has 0 aliphatic heterocycles. The first-order chi connectivity index (χ1) is 19.2. The number of fused-ring (bicyclic) bond motifs is 2. The minimum absolute atomic E-state index is 0.0376. The molecule has 2 atom stereocenters. The van der Waals surface area contributed by atoms with Gasteiger partial charge >= 0.3 is 6.09 Å². The van der Waals surface area contributed by atoms with Crippen LogP contribution in [0.5, 0.6) is 0 Å². The molecule has 0 unspecified atom stereocenters. The van der Waals surface area contributed by atoms with Crippen molar-refractivity contribution in [1.29, 1.82) is 0 Å². The first-order valence-electron chi connectivity index (χ1n) is 13.0. The monoisotopic (exact) mass is 599 g/mol. The van der Waals surface area contributed by atoms with Gasteiger partial charge in [-0.25, -0.2) is 14.8 Å². The summed E-state index contributed by atoms with van der Waals surface area (Å²) in [7, 11) is 0. The number of Topliss-reactive ketones (excluding diaryl/α,β-unsaturated/α-hetero) is 1. The van der Waals surface area contributed by atoms with E-state index in [0.29, 0.717) is 31.0 Å². The molecule has 41 heavy (non-hydrogen) atoms. The Kier molecular flexibility index (Phi) is 10.6. The second-order valence-corrected chi connectivity index (χ2v) is 12.8. The van der Waals surface area contributed by atoms with Gasteiger partial charge in [-0.2, -0.15) is 0 Å². The highest BCUT2D eigenvalue weighted by molar-refractivity contribution is 7.19. The lowest BCUT2D eigenvalue weighted by Crippen LogP contribution is -2.41. The summed E-state index contributed by atoms with van der Waals surface area (Å²) in [6.07, 6.45) is 3.73. The first-order valence-corrected chi connectivity index (χ1v) is 14.7. The number of ketones is 1. The third-order valence-corrected chi connectivity index (χ3v) is 8.00. The molecule has 4 heterocycles. The van der Waals surface area contributed by atoms with Crippen molar-refractivity contribution >= 4 is 72.3 Å². The van der Waals surface area contributed by atoms with Crippen LogP contribution in [0.1, 0.15) is 50.8 Å². The Labute approximate surface area is 246 Å². The predicted molar refractivity (Wildman–Crippen MR) is 166 cm³/mol. The Bertz CT molecular complexity index is 1520. The van der Waals surface area contributed by atoms with E-state index in [4.69, 9.17) is 21.9 Å². The molecular formula is C28H37N7O4S2. The van der Waals surface area contributed by atoms with E-state index in [-0.39, 0.29) is 11.7 Å². The molecule has 13 heteroatoms. The summed E-state index contributed by atoms with van der Waals surface area (Å²) in [5.74, 6) is 0.822. The number of nitrogens with one attached hydrogen (secondary N) is 2. The van der Waals surface area contributed by atoms with E-state index in [1.807, 2.05) is 24.3 Å². The summed E-state index contributed by atoms with van der Waals surface area (Å²) in [4.78, 5) is 45.4. The maximum absolute atomic E-state index is 12.2. The van der Waals surface area contributed by atoms with Gasteiger partial charge < -0.3 is 32.6 Å². The minimum atomic E-state index is -0.585. The van der Waals surface area contributed by atoms with Crippen LogP contribution in [0.3, 0.4) is 0 Å². The van der Waals surface area contributed by atoms with E-state index >= 15 is 0 Å². The number of hydrogen-bond acceptors (Lipinski definition) is 11. The number of nitrogens with zero attached hydrogens (tertiary/aromatic N) is 2. The molecule has 0 aromatic carbocycles. The SMILES string of the molecule is C[C@H](N)C(=O)NCc1cc2c(N)nccc2s1.C[C@H](NC(=O)OC(C)(C)C)C(=O)CCc1cc2c(N)nccc2s1. The van der Waals surface area contributed by atoms with Crippen LogP contribution >= 0.6 is 22.7 Å². The molecule has 4 rings (SSSR count). The first kappa shape index (κ1) is 31.7. The summed E-state index contributed by atoms with van der Waals surface area (Å²) in [5.41, 5.74) is 16.5. The molecule has 0 spiro atoms. The molecule has 0 aliphatic rings. The summed E-state index contributed by atoms with van der Waals surface area (Å²) >= 11 is 3.19. The summed E-state index contributed by atoms with van der Waals surface area (Å²) in [6.45, 7) is 9.13. The number of aryl methyl sites for hydroxylation is 1. The average molecular weight is 600 g/mol. The fraction of sp³-hybridized carbons (Fsp3) is 0.393. The second kappa shape index (κ2) is 13.7. The van der Waals surface area contributed by atoms with Crippen molar-refractivity contribution in [3.05, 3.63) is 46.4 Å². The maximum atomic E-state index is 12.2. The number of nitrogen functional groups attached to an aromatic ring is 2. The molecule has 0 saturated heterocycles. The van der Waals surface area contributed by atoms with E-state index in [1.54, 1.807) is 69.7 Å². The molecule has 0 aliphatic carbocycles. The van der Waals surface area contributed by atoms with Crippen molar-refractivity contribution in [2.24, 2.45) is 5.73 Å². The van der Waals surface area contributed by atoms with Gasteiger partial charge in [-0.15, -0.1) is 22.7 Å². The highest BCUT2D eigenvalue weighted by atomic mass is 32.1. The van der Waals surface area contributed by atoms with Crippen LogP contribution in [-0.4, -0.2) is 45.4 Å². The van der Waals surface area contributed by atoms with E-state index in [9.17, 15) is 14.4 Å². The van der Waals surface area contributed by atoms with E-state index in [0.717, 1.165) is 29.9 Å². The molecule has 0 saturated carbocycles. The van der Waals surface area contributed by atoms with Crippen molar-refractivity contribution < 1.29 is 19.1 Å². The van der Waals surface area contributed by atoms with E-state index < -0.39 is 23.8 Å².